The maximum absolute atomic E-state index is 5.43. The zero-order chi connectivity index (χ0) is 9.80. The van der Waals surface area contributed by atoms with Crippen LogP contribution in [-0.4, -0.2) is 20.4 Å². The Kier molecular flexibility index (Phi) is 2.82. The van der Waals surface area contributed by atoms with Crippen LogP contribution in [-0.2, 0) is 6.42 Å². The molecule has 0 amide bonds. The molecule has 0 aliphatic rings. The molecule has 1 unspecified atom stereocenters. The van der Waals surface area contributed by atoms with Crippen LogP contribution in [0.2, 0.25) is 0 Å². The van der Waals surface area contributed by atoms with E-state index in [4.69, 9.17) is 5.84 Å². The Bertz CT molecular complexity index is 355. The standard InChI is InChI=1S/C7H10N6S/c8-11-5(6-4-10-13-12-6)3-7-9-1-2-14-7/h1-2,4-5,11H,3,8H2,(H,10,12,13). The molecule has 0 radical (unpaired) electrons. The number of hydrogen-bond donors (Lipinski definition) is 3. The minimum atomic E-state index is -0.0418. The number of rotatable bonds is 4. The highest BCUT2D eigenvalue weighted by atomic mass is 32.1. The first kappa shape index (κ1) is 9.25. The van der Waals surface area contributed by atoms with Crippen molar-refractivity contribution in [1.29, 1.82) is 0 Å². The number of hydrazine groups is 1. The molecule has 0 aliphatic heterocycles. The van der Waals surface area contributed by atoms with Gasteiger partial charge in [-0.15, -0.1) is 11.3 Å². The Morgan fingerprint density at radius 3 is 3.14 bits per heavy atom. The molecule has 6 nitrogen and oxygen atoms in total. The summed E-state index contributed by atoms with van der Waals surface area (Å²) in [4.78, 5) is 4.18. The molecule has 2 rings (SSSR count). The molecule has 0 saturated heterocycles. The van der Waals surface area contributed by atoms with E-state index in [2.05, 4.69) is 25.8 Å². The molecular weight excluding hydrogens is 200 g/mol. The maximum atomic E-state index is 5.43. The fourth-order valence-electron chi connectivity index (χ4n) is 1.16. The van der Waals surface area contributed by atoms with Crippen LogP contribution in [0.5, 0.6) is 0 Å². The van der Waals surface area contributed by atoms with Gasteiger partial charge in [-0.3, -0.25) is 11.3 Å². The summed E-state index contributed by atoms with van der Waals surface area (Å²) in [5, 5.41) is 13.2. The van der Waals surface area contributed by atoms with E-state index < -0.39 is 0 Å². The number of aromatic nitrogens is 4. The molecule has 1 atom stereocenters. The molecule has 0 aliphatic carbocycles. The van der Waals surface area contributed by atoms with Crippen molar-refractivity contribution in [1.82, 2.24) is 25.8 Å². The Morgan fingerprint density at radius 1 is 1.64 bits per heavy atom. The zero-order valence-electron chi connectivity index (χ0n) is 7.34. The summed E-state index contributed by atoms with van der Waals surface area (Å²) >= 11 is 1.60. The van der Waals surface area contributed by atoms with Crippen molar-refractivity contribution in [3.05, 3.63) is 28.5 Å². The van der Waals surface area contributed by atoms with Gasteiger partial charge in [0.1, 0.15) is 5.69 Å². The van der Waals surface area contributed by atoms with Crippen LogP contribution in [0.4, 0.5) is 0 Å². The smallest absolute Gasteiger partial charge is 0.101 e. The molecule has 0 saturated carbocycles. The number of nitrogens with zero attached hydrogens (tertiary/aromatic N) is 3. The van der Waals surface area contributed by atoms with E-state index in [9.17, 15) is 0 Å². The van der Waals surface area contributed by atoms with E-state index >= 15 is 0 Å². The van der Waals surface area contributed by atoms with Gasteiger partial charge in [-0.05, 0) is 0 Å². The van der Waals surface area contributed by atoms with Crippen molar-refractivity contribution in [2.75, 3.05) is 0 Å². The first-order chi connectivity index (χ1) is 6.90. The predicted octanol–water partition coefficient (Wildman–Crippen LogP) is 0.00830. The predicted molar refractivity (Wildman–Crippen MR) is 52.3 cm³/mol. The van der Waals surface area contributed by atoms with E-state index in [0.717, 1.165) is 17.1 Å². The number of thiazole rings is 1. The second-order valence-corrected chi connectivity index (χ2v) is 3.72. The zero-order valence-corrected chi connectivity index (χ0v) is 8.16. The molecular formula is C7H10N6S. The highest BCUT2D eigenvalue weighted by Gasteiger charge is 2.14. The molecule has 0 aromatic carbocycles. The fourth-order valence-corrected chi connectivity index (χ4v) is 1.82. The van der Waals surface area contributed by atoms with E-state index in [1.54, 1.807) is 23.7 Å². The molecule has 2 aromatic heterocycles. The average molecular weight is 210 g/mol. The Hall–Kier alpha value is -1.31. The maximum Gasteiger partial charge on any atom is 0.101 e. The van der Waals surface area contributed by atoms with Crippen molar-refractivity contribution < 1.29 is 0 Å². The summed E-state index contributed by atoms with van der Waals surface area (Å²) in [5.41, 5.74) is 3.48. The third kappa shape index (κ3) is 1.95. The van der Waals surface area contributed by atoms with E-state index in [-0.39, 0.29) is 6.04 Å². The number of hydrogen-bond acceptors (Lipinski definition) is 6. The average Bonchev–Trinajstić information content (AvgIpc) is 2.86. The minimum absolute atomic E-state index is 0.0418. The highest BCUT2D eigenvalue weighted by molar-refractivity contribution is 7.09. The normalized spacial score (nSPS) is 12.9. The third-order valence-electron chi connectivity index (χ3n) is 1.85. The van der Waals surface area contributed by atoms with Crippen molar-refractivity contribution >= 4 is 11.3 Å². The van der Waals surface area contributed by atoms with Crippen LogP contribution in [0.3, 0.4) is 0 Å². The van der Waals surface area contributed by atoms with Crippen LogP contribution in [0, 0.1) is 0 Å². The highest BCUT2D eigenvalue weighted by Crippen LogP contribution is 2.15. The number of nitrogens with two attached hydrogens (primary N) is 1. The second-order valence-electron chi connectivity index (χ2n) is 2.74. The van der Waals surface area contributed by atoms with E-state index in [1.807, 2.05) is 5.38 Å². The number of H-pyrrole nitrogens is 1. The van der Waals surface area contributed by atoms with Crippen LogP contribution >= 0.6 is 11.3 Å². The van der Waals surface area contributed by atoms with Gasteiger partial charge in [0.2, 0.25) is 0 Å². The summed E-state index contributed by atoms with van der Waals surface area (Å²) in [7, 11) is 0. The monoisotopic (exact) mass is 210 g/mol. The molecule has 2 heterocycles. The van der Waals surface area contributed by atoms with Crippen molar-refractivity contribution in [2.45, 2.75) is 12.5 Å². The summed E-state index contributed by atoms with van der Waals surface area (Å²) in [6, 6.07) is -0.0418. The largest absolute Gasteiger partial charge is 0.271 e. The summed E-state index contributed by atoms with van der Waals surface area (Å²) in [6.07, 6.45) is 4.15. The van der Waals surface area contributed by atoms with Gasteiger partial charge in [0, 0.05) is 18.0 Å². The molecule has 14 heavy (non-hydrogen) atoms. The van der Waals surface area contributed by atoms with Gasteiger partial charge in [-0.25, -0.2) is 4.98 Å². The Balaban J connectivity index is 2.08. The van der Waals surface area contributed by atoms with Gasteiger partial charge in [0.05, 0.1) is 17.2 Å². The van der Waals surface area contributed by atoms with Gasteiger partial charge in [0.15, 0.2) is 0 Å². The number of nitrogens with one attached hydrogen (secondary N) is 2. The lowest BCUT2D eigenvalue weighted by atomic mass is 10.2. The van der Waals surface area contributed by atoms with Gasteiger partial charge in [-0.1, -0.05) is 0 Å². The lowest BCUT2D eigenvalue weighted by Gasteiger charge is -2.10. The Labute approximate surface area is 84.5 Å². The van der Waals surface area contributed by atoms with E-state index in [0.29, 0.717) is 0 Å². The second kappa shape index (κ2) is 4.27. The fraction of sp³-hybridized carbons (Fsp3) is 0.286. The number of aromatic amines is 1. The van der Waals surface area contributed by atoms with Gasteiger partial charge >= 0.3 is 0 Å². The third-order valence-corrected chi connectivity index (χ3v) is 2.66. The van der Waals surface area contributed by atoms with Crippen LogP contribution in [0.25, 0.3) is 0 Å². The summed E-state index contributed by atoms with van der Waals surface area (Å²) in [5.74, 6) is 5.43. The lowest BCUT2D eigenvalue weighted by Crippen LogP contribution is -2.29. The van der Waals surface area contributed by atoms with Crippen molar-refractivity contribution in [3.8, 4) is 0 Å². The first-order valence-corrected chi connectivity index (χ1v) is 4.98. The van der Waals surface area contributed by atoms with Crippen molar-refractivity contribution in [2.24, 2.45) is 5.84 Å². The molecule has 2 aromatic rings. The van der Waals surface area contributed by atoms with Crippen LogP contribution in [0.1, 0.15) is 16.7 Å². The quantitative estimate of drug-likeness (QED) is 0.488. The first-order valence-electron chi connectivity index (χ1n) is 4.10. The van der Waals surface area contributed by atoms with Gasteiger partial charge < -0.3 is 0 Å². The molecule has 4 N–H and O–H groups in total. The summed E-state index contributed by atoms with van der Waals surface area (Å²) in [6.45, 7) is 0. The van der Waals surface area contributed by atoms with Gasteiger partial charge in [0.25, 0.3) is 0 Å². The van der Waals surface area contributed by atoms with Crippen LogP contribution < -0.4 is 11.3 Å². The SMILES string of the molecule is NNC(Cc1nccs1)c1cn[nH]n1. The minimum Gasteiger partial charge on any atom is -0.271 e. The molecule has 0 bridgehead atoms. The van der Waals surface area contributed by atoms with E-state index in [1.165, 1.54) is 0 Å². The molecule has 7 heteroatoms. The van der Waals surface area contributed by atoms with Crippen LogP contribution in [0.15, 0.2) is 17.8 Å². The lowest BCUT2D eigenvalue weighted by molar-refractivity contribution is 0.536. The van der Waals surface area contributed by atoms with Crippen molar-refractivity contribution in [3.63, 3.8) is 0 Å². The summed E-state index contributed by atoms with van der Waals surface area (Å²) < 4.78 is 0. The Morgan fingerprint density at radius 2 is 2.57 bits per heavy atom. The molecule has 74 valence electrons. The molecule has 0 fully saturated rings. The topological polar surface area (TPSA) is 92.5 Å². The molecule has 0 spiro atoms. The van der Waals surface area contributed by atoms with Gasteiger partial charge in [-0.2, -0.15) is 15.4 Å².